The highest BCUT2D eigenvalue weighted by atomic mass is 16.2. The van der Waals surface area contributed by atoms with Crippen molar-refractivity contribution in [3.63, 3.8) is 0 Å². The van der Waals surface area contributed by atoms with Crippen LogP contribution in [0.15, 0.2) is 97.8 Å². The SMILES string of the molecule is C=CC(=O)Cc1ccc(-c2cn(-c3ccc(NC(=O)c4cccc(-c5ccn[nH]5)n4)cc3)nn2)cc1. The molecule has 3 heterocycles. The molecule has 0 unspecified atom stereocenters. The van der Waals surface area contributed by atoms with E-state index in [0.717, 1.165) is 22.5 Å². The van der Waals surface area contributed by atoms with E-state index in [9.17, 15) is 9.59 Å². The average Bonchev–Trinajstić information content (AvgIpc) is 3.63. The van der Waals surface area contributed by atoms with E-state index in [2.05, 4.69) is 37.4 Å². The van der Waals surface area contributed by atoms with Crippen LogP contribution in [0.3, 0.4) is 0 Å². The van der Waals surface area contributed by atoms with E-state index in [-0.39, 0.29) is 11.7 Å². The summed E-state index contributed by atoms with van der Waals surface area (Å²) < 4.78 is 1.66. The highest BCUT2D eigenvalue weighted by Crippen LogP contribution is 2.20. The molecular formula is C27H21N7O2. The first-order chi connectivity index (χ1) is 17.6. The van der Waals surface area contributed by atoms with Gasteiger partial charge in [0.15, 0.2) is 5.78 Å². The van der Waals surface area contributed by atoms with Gasteiger partial charge in [-0.3, -0.25) is 14.7 Å². The third-order valence-electron chi connectivity index (χ3n) is 5.50. The maximum Gasteiger partial charge on any atom is 0.274 e. The summed E-state index contributed by atoms with van der Waals surface area (Å²) in [5.41, 5.74) is 5.60. The average molecular weight is 476 g/mol. The van der Waals surface area contributed by atoms with Crippen molar-refractivity contribution in [3.8, 4) is 28.3 Å². The lowest BCUT2D eigenvalue weighted by molar-refractivity contribution is -0.114. The number of amides is 1. The summed E-state index contributed by atoms with van der Waals surface area (Å²) in [6, 6.07) is 21.9. The van der Waals surface area contributed by atoms with E-state index in [1.807, 2.05) is 48.7 Å². The quantitative estimate of drug-likeness (QED) is 0.324. The largest absolute Gasteiger partial charge is 0.321 e. The fraction of sp³-hybridized carbons (Fsp3) is 0.0370. The molecule has 1 amide bonds. The van der Waals surface area contributed by atoms with Gasteiger partial charge in [-0.25, -0.2) is 9.67 Å². The van der Waals surface area contributed by atoms with E-state index in [1.165, 1.54) is 6.08 Å². The van der Waals surface area contributed by atoms with Crippen LogP contribution in [0.25, 0.3) is 28.3 Å². The van der Waals surface area contributed by atoms with E-state index in [1.54, 1.807) is 41.2 Å². The third-order valence-corrected chi connectivity index (χ3v) is 5.50. The first kappa shape index (κ1) is 22.6. The number of aromatic amines is 1. The molecule has 0 aliphatic carbocycles. The van der Waals surface area contributed by atoms with E-state index in [4.69, 9.17) is 0 Å². The Labute approximate surface area is 206 Å². The zero-order chi connectivity index (χ0) is 24.9. The van der Waals surface area contributed by atoms with Crippen molar-refractivity contribution >= 4 is 17.4 Å². The van der Waals surface area contributed by atoms with Gasteiger partial charge in [0.25, 0.3) is 5.91 Å². The van der Waals surface area contributed by atoms with Crippen LogP contribution in [-0.4, -0.2) is 41.9 Å². The van der Waals surface area contributed by atoms with Gasteiger partial charge < -0.3 is 5.32 Å². The van der Waals surface area contributed by atoms with Crippen molar-refractivity contribution in [1.82, 2.24) is 30.2 Å². The molecule has 9 heteroatoms. The Balaban J connectivity index is 1.26. The number of pyridine rings is 1. The van der Waals surface area contributed by atoms with Gasteiger partial charge in [0.2, 0.25) is 0 Å². The standard InChI is InChI=1S/C27H21N7O2/c1-2-22(35)16-18-6-8-19(9-7-18)26-17-34(33-32-26)21-12-10-20(11-13-21)29-27(36)25-5-3-4-23(30-25)24-14-15-28-31-24/h2-15,17H,1,16H2,(H,28,31)(H,29,36). The topological polar surface area (TPSA) is 118 Å². The summed E-state index contributed by atoms with van der Waals surface area (Å²) in [4.78, 5) is 28.6. The Morgan fingerprint density at radius 2 is 1.78 bits per heavy atom. The molecule has 0 atom stereocenters. The van der Waals surface area contributed by atoms with Crippen molar-refractivity contribution in [2.45, 2.75) is 6.42 Å². The first-order valence-corrected chi connectivity index (χ1v) is 11.1. The zero-order valence-electron chi connectivity index (χ0n) is 19.1. The second-order valence-corrected chi connectivity index (χ2v) is 7.97. The van der Waals surface area contributed by atoms with Crippen molar-refractivity contribution in [2.24, 2.45) is 0 Å². The summed E-state index contributed by atoms with van der Waals surface area (Å²) in [6.45, 7) is 3.50. The fourth-order valence-corrected chi connectivity index (χ4v) is 3.59. The highest BCUT2D eigenvalue weighted by molar-refractivity contribution is 6.03. The number of hydrogen-bond donors (Lipinski definition) is 2. The monoisotopic (exact) mass is 475 g/mol. The molecule has 0 aliphatic heterocycles. The zero-order valence-corrected chi connectivity index (χ0v) is 19.1. The number of aromatic nitrogens is 6. The molecule has 2 N–H and O–H groups in total. The molecule has 5 aromatic rings. The fourth-order valence-electron chi connectivity index (χ4n) is 3.59. The van der Waals surface area contributed by atoms with Crippen LogP contribution < -0.4 is 5.32 Å². The van der Waals surface area contributed by atoms with Crippen LogP contribution >= 0.6 is 0 Å². The maximum absolute atomic E-state index is 12.7. The summed E-state index contributed by atoms with van der Waals surface area (Å²) in [5, 5.41) is 18.1. The molecule has 0 saturated heterocycles. The minimum Gasteiger partial charge on any atom is -0.321 e. The molecule has 0 fully saturated rings. The van der Waals surface area contributed by atoms with Gasteiger partial charge in [-0.1, -0.05) is 42.1 Å². The Morgan fingerprint density at radius 1 is 0.972 bits per heavy atom. The lowest BCUT2D eigenvalue weighted by atomic mass is 10.1. The van der Waals surface area contributed by atoms with E-state index >= 15 is 0 Å². The second kappa shape index (κ2) is 9.98. The molecule has 9 nitrogen and oxygen atoms in total. The van der Waals surface area contributed by atoms with Gasteiger partial charge in [-0.15, -0.1) is 5.10 Å². The summed E-state index contributed by atoms with van der Waals surface area (Å²) in [6.07, 6.45) is 5.11. The van der Waals surface area contributed by atoms with Gasteiger partial charge >= 0.3 is 0 Å². The number of nitrogens with zero attached hydrogens (tertiary/aromatic N) is 5. The molecule has 176 valence electrons. The number of rotatable bonds is 8. The van der Waals surface area contributed by atoms with E-state index < -0.39 is 0 Å². The number of allylic oxidation sites excluding steroid dienone is 1. The molecule has 0 spiro atoms. The van der Waals surface area contributed by atoms with Gasteiger partial charge in [0.1, 0.15) is 11.4 Å². The third kappa shape index (κ3) is 5.00. The number of carbonyl (C=O) groups is 2. The molecule has 2 aromatic carbocycles. The van der Waals surface area contributed by atoms with Crippen molar-refractivity contribution < 1.29 is 9.59 Å². The summed E-state index contributed by atoms with van der Waals surface area (Å²) in [5.74, 6) is -0.336. The molecule has 5 rings (SSSR count). The van der Waals surface area contributed by atoms with Crippen molar-refractivity contribution in [2.75, 3.05) is 5.32 Å². The molecule has 36 heavy (non-hydrogen) atoms. The van der Waals surface area contributed by atoms with Crippen LogP contribution in [0.4, 0.5) is 5.69 Å². The second-order valence-electron chi connectivity index (χ2n) is 7.97. The van der Waals surface area contributed by atoms with Gasteiger partial charge in [0.05, 0.1) is 23.3 Å². The minimum absolute atomic E-state index is 0.0211. The normalized spacial score (nSPS) is 10.7. The molecule has 0 aliphatic rings. The number of benzene rings is 2. The lowest BCUT2D eigenvalue weighted by Crippen LogP contribution is -2.14. The number of carbonyl (C=O) groups excluding carboxylic acids is 2. The number of nitrogens with one attached hydrogen (secondary N) is 2. The number of ketones is 1. The minimum atomic E-state index is -0.314. The van der Waals surface area contributed by atoms with Gasteiger partial charge in [-0.05, 0) is 54.1 Å². The van der Waals surface area contributed by atoms with Crippen LogP contribution in [0.2, 0.25) is 0 Å². The van der Waals surface area contributed by atoms with Gasteiger partial charge in [-0.2, -0.15) is 5.10 Å². The Bertz CT molecular complexity index is 1520. The molecule has 0 saturated carbocycles. The predicted molar refractivity (Wildman–Crippen MR) is 135 cm³/mol. The molecular weight excluding hydrogens is 454 g/mol. The van der Waals surface area contributed by atoms with Crippen LogP contribution in [0.5, 0.6) is 0 Å². The van der Waals surface area contributed by atoms with Crippen molar-refractivity contribution in [3.05, 3.63) is 109 Å². The lowest BCUT2D eigenvalue weighted by Gasteiger charge is -2.07. The van der Waals surface area contributed by atoms with Crippen LogP contribution in [-0.2, 0) is 11.2 Å². The summed E-state index contributed by atoms with van der Waals surface area (Å²) >= 11 is 0. The van der Waals surface area contributed by atoms with Gasteiger partial charge in [0, 0.05) is 23.9 Å². The molecule has 3 aromatic heterocycles. The van der Waals surface area contributed by atoms with Crippen LogP contribution in [0.1, 0.15) is 16.1 Å². The Morgan fingerprint density at radius 3 is 2.50 bits per heavy atom. The number of H-pyrrole nitrogens is 1. The van der Waals surface area contributed by atoms with Crippen molar-refractivity contribution in [1.29, 1.82) is 0 Å². The molecule has 0 radical (unpaired) electrons. The summed E-state index contributed by atoms with van der Waals surface area (Å²) in [7, 11) is 0. The Hall–Kier alpha value is -5.18. The first-order valence-electron chi connectivity index (χ1n) is 11.1. The van der Waals surface area contributed by atoms with E-state index in [0.29, 0.717) is 29.2 Å². The predicted octanol–water partition coefficient (Wildman–Crippen LogP) is 4.27. The maximum atomic E-state index is 12.7. The highest BCUT2D eigenvalue weighted by Gasteiger charge is 2.11. The number of hydrogen-bond acceptors (Lipinski definition) is 6. The molecule has 0 bridgehead atoms. The Kier molecular flexibility index (Phi) is 6.27. The van der Waals surface area contributed by atoms with Crippen LogP contribution in [0, 0.1) is 0 Å². The number of anilines is 1. The smallest absolute Gasteiger partial charge is 0.274 e.